The lowest BCUT2D eigenvalue weighted by atomic mass is 9.39. The minimum atomic E-state index is -1.36. The fourth-order valence-electron chi connectivity index (χ4n) is 9.58. The molecular formula is C34H48N2O3. The molecule has 0 spiro atoms. The van der Waals surface area contributed by atoms with E-state index in [1.807, 2.05) is 33.9 Å². The predicted molar refractivity (Wildman–Crippen MR) is 157 cm³/mol. The van der Waals surface area contributed by atoms with Crippen LogP contribution in [0.5, 0.6) is 0 Å². The normalized spacial score (nSPS) is 40.3. The van der Waals surface area contributed by atoms with Gasteiger partial charge in [-0.2, -0.15) is 5.10 Å². The molecule has 5 nitrogen and oxygen atoms in total. The molecule has 0 saturated heterocycles. The third-order valence-corrected chi connectivity index (χ3v) is 12.0. The highest BCUT2D eigenvalue weighted by Crippen LogP contribution is 2.73. The molecule has 5 unspecified atom stereocenters. The van der Waals surface area contributed by atoms with Gasteiger partial charge < -0.3 is 10.2 Å². The molecule has 1 aromatic carbocycles. The molecule has 0 bridgehead atoms. The molecule has 4 aliphatic carbocycles. The van der Waals surface area contributed by atoms with Crippen LogP contribution < -0.4 is 0 Å². The van der Waals surface area contributed by atoms with E-state index in [4.69, 9.17) is 5.10 Å². The largest absolute Gasteiger partial charge is 0.392 e. The Balaban J connectivity index is 0.00000151. The Hall–Kier alpha value is -2.24. The Kier molecular flexibility index (Phi) is 6.83. The zero-order chi connectivity index (χ0) is 28.5. The summed E-state index contributed by atoms with van der Waals surface area (Å²) in [4.78, 5) is 13.2. The van der Waals surface area contributed by atoms with E-state index in [2.05, 4.69) is 62.7 Å². The number of Topliss-reactive ketones (excluding diaryl/α,β-unsaturated/α-hetero) is 1. The smallest absolute Gasteiger partial charge is 0.164 e. The van der Waals surface area contributed by atoms with Gasteiger partial charge in [0.1, 0.15) is 5.60 Å². The Labute approximate surface area is 234 Å². The molecule has 8 atom stereocenters. The van der Waals surface area contributed by atoms with Gasteiger partial charge in [0.15, 0.2) is 5.78 Å². The molecule has 3 fully saturated rings. The number of benzene rings is 1. The first-order valence-electron chi connectivity index (χ1n) is 15.2. The summed E-state index contributed by atoms with van der Waals surface area (Å²) in [6.07, 6.45) is 8.21. The third kappa shape index (κ3) is 3.51. The Bertz CT molecular complexity index is 1290. The molecule has 0 radical (unpaired) electrons. The van der Waals surface area contributed by atoms with Crippen molar-refractivity contribution in [3.63, 3.8) is 0 Å². The van der Waals surface area contributed by atoms with Crippen LogP contribution in [0.2, 0.25) is 0 Å². The standard InChI is InChI=1S/C32H42N2O3.C2H6/c1-7-27(35)32(37)20(3)14-25-24-13-10-22-15-26-21(18-33-34(26)23-11-8-19(2)9-12-23)16-29(22,4)31(24,6)28(36)17-30(25,32)5;1-2/h8-9,11-12,15,18,20,24-25,28,36-37H,7,10,13-14,16-17H2,1-6H3;1-2H3/t20-,24?,25?,28?,29?,30?,31-,32+;/m1./s1. The van der Waals surface area contributed by atoms with Gasteiger partial charge >= 0.3 is 0 Å². The van der Waals surface area contributed by atoms with E-state index in [1.165, 1.54) is 16.7 Å². The molecule has 3 saturated carbocycles. The zero-order valence-corrected chi connectivity index (χ0v) is 25.2. The number of carbonyl (C=O) groups excluding carboxylic acids is 1. The van der Waals surface area contributed by atoms with E-state index in [-0.39, 0.29) is 34.4 Å². The topological polar surface area (TPSA) is 75.3 Å². The van der Waals surface area contributed by atoms with Gasteiger partial charge in [-0.05, 0) is 80.6 Å². The van der Waals surface area contributed by atoms with Crippen LogP contribution in [0, 0.1) is 40.9 Å². The van der Waals surface area contributed by atoms with E-state index in [0.717, 1.165) is 37.1 Å². The van der Waals surface area contributed by atoms with Gasteiger partial charge in [0.25, 0.3) is 0 Å². The van der Waals surface area contributed by atoms with Crippen LogP contribution in [0.15, 0.2) is 36.0 Å². The van der Waals surface area contributed by atoms with Crippen LogP contribution in [-0.4, -0.2) is 37.5 Å². The summed E-state index contributed by atoms with van der Waals surface area (Å²) < 4.78 is 2.05. The molecule has 2 aromatic rings. The first kappa shape index (κ1) is 28.3. The van der Waals surface area contributed by atoms with E-state index >= 15 is 0 Å². The number of aryl methyl sites for hydroxylation is 1. The minimum absolute atomic E-state index is 0.0609. The summed E-state index contributed by atoms with van der Waals surface area (Å²) in [5.41, 5.74) is 3.58. The second-order valence-corrected chi connectivity index (χ2v) is 13.3. The summed E-state index contributed by atoms with van der Waals surface area (Å²) in [6.45, 7) is 16.7. The lowest BCUT2D eigenvalue weighted by Gasteiger charge is -2.66. The molecule has 1 aromatic heterocycles. The number of hydrogen-bond donors (Lipinski definition) is 2. The number of fused-ring (bicyclic) bond motifs is 6. The summed E-state index contributed by atoms with van der Waals surface area (Å²) in [7, 11) is 0. The number of aromatic nitrogens is 2. The number of rotatable bonds is 3. The Morgan fingerprint density at radius 3 is 2.44 bits per heavy atom. The van der Waals surface area contributed by atoms with Crippen molar-refractivity contribution in [1.29, 1.82) is 0 Å². The second kappa shape index (κ2) is 9.41. The monoisotopic (exact) mass is 532 g/mol. The van der Waals surface area contributed by atoms with Crippen LogP contribution >= 0.6 is 0 Å². The molecule has 4 aliphatic rings. The molecule has 5 heteroatoms. The van der Waals surface area contributed by atoms with Gasteiger partial charge in [0.05, 0.1) is 23.7 Å². The van der Waals surface area contributed by atoms with Crippen LogP contribution in [0.1, 0.15) is 97.4 Å². The fraction of sp³-hybridized carbons (Fsp3) is 0.647. The van der Waals surface area contributed by atoms with E-state index in [9.17, 15) is 15.0 Å². The molecule has 39 heavy (non-hydrogen) atoms. The van der Waals surface area contributed by atoms with E-state index in [1.54, 1.807) is 0 Å². The maximum atomic E-state index is 13.2. The fourth-order valence-corrected chi connectivity index (χ4v) is 9.58. The second-order valence-electron chi connectivity index (χ2n) is 13.3. The van der Waals surface area contributed by atoms with Crippen molar-refractivity contribution in [2.75, 3.05) is 0 Å². The van der Waals surface area contributed by atoms with Crippen molar-refractivity contribution in [3.05, 3.63) is 52.9 Å². The van der Waals surface area contributed by atoms with Crippen LogP contribution in [0.25, 0.3) is 11.8 Å². The Morgan fingerprint density at radius 2 is 1.79 bits per heavy atom. The SMILES string of the molecule is CC.CCC(=O)[C@@]1(O)[C@H](C)CC2C3CCC4=Cc5c(cnn5-c5ccc(C)cc5)CC4(C)[C@@]3(C)C(O)CC21C. The van der Waals surface area contributed by atoms with E-state index < -0.39 is 17.1 Å². The Morgan fingerprint density at radius 1 is 1.13 bits per heavy atom. The average Bonchev–Trinajstić information content (AvgIpc) is 3.41. The molecule has 0 aliphatic heterocycles. The number of allylic oxidation sites excluding steroid dienone is 1. The van der Waals surface area contributed by atoms with E-state index in [0.29, 0.717) is 12.8 Å². The minimum Gasteiger partial charge on any atom is -0.392 e. The first-order chi connectivity index (χ1) is 18.4. The summed E-state index contributed by atoms with van der Waals surface area (Å²) in [6, 6.07) is 8.49. The predicted octanol–water partition coefficient (Wildman–Crippen LogP) is 6.71. The molecule has 2 N–H and O–H groups in total. The van der Waals surface area contributed by atoms with Crippen molar-refractivity contribution in [1.82, 2.24) is 9.78 Å². The highest BCUT2D eigenvalue weighted by molar-refractivity contribution is 5.88. The van der Waals surface area contributed by atoms with Gasteiger partial charge in [0, 0.05) is 22.7 Å². The maximum Gasteiger partial charge on any atom is 0.164 e. The number of carbonyl (C=O) groups is 1. The molecule has 212 valence electrons. The number of nitrogens with zero attached hydrogens (tertiary/aromatic N) is 2. The highest BCUT2D eigenvalue weighted by atomic mass is 16.3. The van der Waals surface area contributed by atoms with Gasteiger partial charge in [-0.1, -0.05) is 71.7 Å². The van der Waals surface area contributed by atoms with Crippen molar-refractivity contribution in [3.8, 4) is 5.69 Å². The number of aliphatic hydroxyl groups excluding tert-OH is 1. The van der Waals surface area contributed by atoms with Crippen LogP contribution in [0.4, 0.5) is 0 Å². The quantitative estimate of drug-likeness (QED) is 0.461. The van der Waals surface area contributed by atoms with Gasteiger partial charge in [-0.25, -0.2) is 4.68 Å². The average molecular weight is 533 g/mol. The molecule has 0 amide bonds. The molecular weight excluding hydrogens is 484 g/mol. The highest BCUT2D eigenvalue weighted by Gasteiger charge is 2.73. The zero-order valence-electron chi connectivity index (χ0n) is 25.2. The van der Waals surface area contributed by atoms with Crippen LogP contribution in [-0.2, 0) is 11.2 Å². The van der Waals surface area contributed by atoms with Gasteiger partial charge in [-0.3, -0.25) is 4.79 Å². The van der Waals surface area contributed by atoms with Crippen molar-refractivity contribution in [2.45, 2.75) is 106 Å². The number of ketones is 1. The first-order valence-corrected chi connectivity index (χ1v) is 15.2. The van der Waals surface area contributed by atoms with Crippen molar-refractivity contribution in [2.24, 2.45) is 34.0 Å². The van der Waals surface area contributed by atoms with Crippen molar-refractivity contribution < 1.29 is 15.0 Å². The van der Waals surface area contributed by atoms with Crippen LogP contribution in [0.3, 0.4) is 0 Å². The maximum absolute atomic E-state index is 13.2. The number of aliphatic hydroxyl groups is 2. The van der Waals surface area contributed by atoms with Gasteiger partial charge in [-0.15, -0.1) is 0 Å². The molecule has 1 heterocycles. The summed E-state index contributed by atoms with van der Waals surface area (Å²) in [5.74, 6) is 0.305. The lowest BCUT2D eigenvalue weighted by Crippen LogP contribution is -2.67. The molecule has 6 rings (SSSR count). The third-order valence-electron chi connectivity index (χ3n) is 12.0. The summed E-state index contributed by atoms with van der Waals surface area (Å²) in [5, 5.41) is 28.8. The van der Waals surface area contributed by atoms with Gasteiger partial charge in [0.2, 0.25) is 0 Å². The van der Waals surface area contributed by atoms with Crippen molar-refractivity contribution >= 4 is 11.9 Å². The summed E-state index contributed by atoms with van der Waals surface area (Å²) >= 11 is 0. The lowest BCUT2D eigenvalue weighted by molar-refractivity contribution is -0.214. The number of hydrogen-bond acceptors (Lipinski definition) is 4.